The first kappa shape index (κ1) is 28.9. The number of aromatic nitrogens is 3. The summed E-state index contributed by atoms with van der Waals surface area (Å²) in [6.45, 7) is 4.64. The van der Waals surface area contributed by atoms with Gasteiger partial charge in [-0.05, 0) is 17.7 Å². The van der Waals surface area contributed by atoms with Gasteiger partial charge in [0.2, 0.25) is 15.8 Å². The van der Waals surface area contributed by atoms with Crippen LogP contribution in [0.3, 0.4) is 0 Å². The lowest BCUT2D eigenvalue weighted by Gasteiger charge is -2.37. The number of benzene rings is 2. The molecule has 1 unspecified atom stereocenters. The molecule has 15 heteroatoms. The molecule has 0 N–H and O–H groups in total. The molecule has 226 valence electrons. The van der Waals surface area contributed by atoms with Gasteiger partial charge in [-0.15, -0.1) is 5.10 Å². The topological polar surface area (TPSA) is 157 Å². The summed E-state index contributed by atoms with van der Waals surface area (Å²) in [5.41, 5.74) is 2.01. The highest BCUT2D eigenvalue weighted by Gasteiger charge is 2.40. The molecule has 0 saturated carbocycles. The molecule has 2 aliphatic heterocycles. The number of hydrogen-bond acceptors (Lipinski definition) is 11. The van der Waals surface area contributed by atoms with Crippen molar-refractivity contribution in [1.82, 2.24) is 29.1 Å². The minimum atomic E-state index is -3.45. The summed E-state index contributed by atoms with van der Waals surface area (Å²) in [6.07, 6.45) is 1.70. The van der Waals surface area contributed by atoms with Crippen LogP contribution >= 0.6 is 0 Å². The lowest BCUT2D eigenvalue weighted by atomic mass is 10.2. The monoisotopic (exact) mass is 609 g/mol. The van der Waals surface area contributed by atoms with Crippen molar-refractivity contribution in [3.05, 3.63) is 87.9 Å². The van der Waals surface area contributed by atoms with Crippen LogP contribution in [0.15, 0.2) is 65.2 Å². The van der Waals surface area contributed by atoms with Crippen molar-refractivity contribution in [3.63, 3.8) is 0 Å². The van der Waals surface area contributed by atoms with Crippen molar-refractivity contribution in [1.29, 1.82) is 0 Å². The molecule has 2 aromatic carbocycles. The number of nitrogens with zero attached hydrogens (tertiary/aromatic N) is 7. The Bertz CT molecular complexity index is 1680. The van der Waals surface area contributed by atoms with Gasteiger partial charge < -0.3 is 9.15 Å². The first-order valence-corrected chi connectivity index (χ1v) is 15.6. The Labute approximate surface area is 247 Å². The number of piperazine rings is 1. The quantitative estimate of drug-likeness (QED) is 0.147. The van der Waals surface area contributed by atoms with Crippen LogP contribution in [-0.2, 0) is 27.8 Å². The third-order valence-corrected chi connectivity index (χ3v) is 9.69. The number of hydrogen-bond donors (Lipinski definition) is 0. The van der Waals surface area contributed by atoms with Gasteiger partial charge in [-0.3, -0.25) is 19.9 Å². The van der Waals surface area contributed by atoms with Gasteiger partial charge in [0.25, 0.3) is 5.69 Å². The number of para-hydroxylation sites is 1. The normalized spacial score (nSPS) is 19.6. The second kappa shape index (κ2) is 12.2. The van der Waals surface area contributed by atoms with Crippen molar-refractivity contribution in [2.24, 2.45) is 0 Å². The Morgan fingerprint density at radius 2 is 1.84 bits per heavy atom. The van der Waals surface area contributed by atoms with Crippen LogP contribution in [0.1, 0.15) is 21.8 Å². The number of ether oxygens (including phenoxy) is 1. The van der Waals surface area contributed by atoms with Gasteiger partial charge in [-0.1, -0.05) is 35.5 Å². The highest BCUT2D eigenvalue weighted by molar-refractivity contribution is 7.89. The van der Waals surface area contributed by atoms with E-state index >= 15 is 0 Å². The Hall–Kier alpha value is -4.18. The summed E-state index contributed by atoms with van der Waals surface area (Å²) in [5, 5.41) is 19.9. The van der Waals surface area contributed by atoms with Crippen LogP contribution in [-0.4, -0.2) is 106 Å². The molecule has 2 aromatic heterocycles. The van der Waals surface area contributed by atoms with Crippen molar-refractivity contribution >= 4 is 32.6 Å². The number of rotatable bonds is 10. The number of sulfonamides is 1. The zero-order valence-electron chi connectivity index (χ0n) is 23.3. The Morgan fingerprint density at radius 1 is 1.07 bits per heavy atom. The van der Waals surface area contributed by atoms with Gasteiger partial charge in [-0.25, -0.2) is 17.9 Å². The van der Waals surface area contributed by atoms with Gasteiger partial charge >= 0.3 is 5.97 Å². The van der Waals surface area contributed by atoms with Crippen molar-refractivity contribution in [2.75, 3.05) is 51.6 Å². The van der Waals surface area contributed by atoms with Crippen LogP contribution in [0, 0.1) is 10.1 Å². The molecule has 0 aliphatic carbocycles. The number of esters is 1. The van der Waals surface area contributed by atoms with Crippen molar-refractivity contribution < 1.29 is 27.3 Å². The van der Waals surface area contributed by atoms with Gasteiger partial charge in [-0.2, -0.15) is 4.31 Å². The maximum absolute atomic E-state index is 13.0. The van der Waals surface area contributed by atoms with Crippen molar-refractivity contribution in [3.8, 4) is 0 Å². The van der Waals surface area contributed by atoms with Gasteiger partial charge in [0, 0.05) is 62.8 Å². The average Bonchev–Trinajstić information content (AvgIpc) is 3.71. The molecule has 2 saturated heterocycles. The molecule has 43 heavy (non-hydrogen) atoms. The fourth-order valence-electron chi connectivity index (χ4n) is 5.49. The van der Waals surface area contributed by atoms with E-state index in [0.29, 0.717) is 30.9 Å². The number of carbonyl (C=O) groups excluding carboxylic acids is 1. The summed E-state index contributed by atoms with van der Waals surface area (Å²) in [5.74, 6) is -0.249. The molecule has 0 bridgehead atoms. The van der Waals surface area contributed by atoms with Crippen LogP contribution in [0.5, 0.6) is 0 Å². The number of carbonyl (C=O) groups is 1. The van der Waals surface area contributed by atoms with E-state index in [1.54, 1.807) is 35.1 Å². The van der Waals surface area contributed by atoms with Crippen LogP contribution in [0.4, 0.5) is 5.69 Å². The third kappa shape index (κ3) is 6.74. The summed E-state index contributed by atoms with van der Waals surface area (Å²) >= 11 is 0. The molecular weight excluding hydrogens is 578 g/mol. The molecule has 0 radical (unpaired) electrons. The summed E-state index contributed by atoms with van der Waals surface area (Å²) < 4.78 is 40.0. The Balaban J connectivity index is 0.950. The first-order chi connectivity index (χ1) is 20.7. The maximum atomic E-state index is 13.0. The van der Waals surface area contributed by atoms with E-state index in [1.807, 2.05) is 18.2 Å². The Morgan fingerprint density at radius 3 is 2.58 bits per heavy atom. The van der Waals surface area contributed by atoms with E-state index in [-0.39, 0.29) is 36.4 Å². The van der Waals surface area contributed by atoms with Crippen LogP contribution in [0.2, 0.25) is 0 Å². The van der Waals surface area contributed by atoms with E-state index in [9.17, 15) is 23.3 Å². The molecule has 2 fully saturated rings. The second-order valence-electron chi connectivity index (χ2n) is 10.7. The molecule has 6 rings (SSSR count). The summed E-state index contributed by atoms with van der Waals surface area (Å²) in [4.78, 5) is 27.2. The number of furan rings is 1. The van der Waals surface area contributed by atoms with E-state index < -0.39 is 20.9 Å². The smallest absolute Gasteiger partial charge is 0.374 e. The largest absolute Gasteiger partial charge is 0.458 e. The SMILES string of the molecule is O=C(OCCN1CCN(C2CN(Cc3cn(Cc4ccc([N+](=O)[O-])cc4)nn3)S(=O)(=O)C2)CC1)c1cc2ccccc2o1. The minimum absolute atomic E-state index is 0.0128. The summed E-state index contributed by atoms with van der Waals surface area (Å²) in [6, 6.07) is 15.1. The molecular formula is C28H31N7O7S. The predicted molar refractivity (Wildman–Crippen MR) is 155 cm³/mol. The van der Waals surface area contributed by atoms with Gasteiger partial charge in [0.15, 0.2) is 0 Å². The van der Waals surface area contributed by atoms with Gasteiger partial charge in [0.05, 0.1) is 35.7 Å². The number of nitro groups is 1. The fourth-order valence-corrected chi connectivity index (χ4v) is 7.23. The maximum Gasteiger partial charge on any atom is 0.374 e. The van der Waals surface area contributed by atoms with Crippen LogP contribution in [0.25, 0.3) is 11.0 Å². The van der Waals surface area contributed by atoms with E-state index in [0.717, 1.165) is 37.1 Å². The zero-order chi connectivity index (χ0) is 30.0. The predicted octanol–water partition coefficient (Wildman–Crippen LogP) is 1.97. The highest BCUT2D eigenvalue weighted by atomic mass is 32.2. The highest BCUT2D eigenvalue weighted by Crippen LogP contribution is 2.23. The molecule has 0 spiro atoms. The molecule has 1 atom stereocenters. The summed E-state index contributed by atoms with van der Waals surface area (Å²) in [7, 11) is -3.45. The number of nitro benzene ring substituents is 1. The third-order valence-electron chi connectivity index (χ3n) is 7.82. The number of fused-ring (bicyclic) bond motifs is 1. The molecule has 0 amide bonds. The van der Waals surface area contributed by atoms with Crippen molar-refractivity contribution in [2.45, 2.75) is 19.1 Å². The van der Waals surface area contributed by atoms with Crippen LogP contribution < -0.4 is 0 Å². The lowest BCUT2D eigenvalue weighted by Crippen LogP contribution is -2.52. The molecule has 4 aromatic rings. The van der Waals surface area contributed by atoms with E-state index in [2.05, 4.69) is 20.1 Å². The second-order valence-corrected chi connectivity index (χ2v) is 12.7. The Kier molecular flexibility index (Phi) is 8.21. The zero-order valence-corrected chi connectivity index (χ0v) is 24.1. The van der Waals surface area contributed by atoms with E-state index in [1.165, 1.54) is 16.4 Å². The number of non-ortho nitro benzene ring substituents is 1. The molecule has 2 aliphatic rings. The molecule has 14 nitrogen and oxygen atoms in total. The minimum Gasteiger partial charge on any atom is -0.458 e. The molecule has 4 heterocycles. The lowest BCUT2D eigenvalue weighted by molar-refractivity contribution is -0.384. The van der Waals surface area contributed by atoms with Gasteiger partial charge in [0.1, 0.15) is 12.2 Å². The first-order valence-electron chi connectivity index (χ1n) is 14.0. The van der Waals surface area contributed by atoms with E-state index in [4.69, 9.17) is 9.15 Å². The fraction of sp³-hybridized carbons (Fsp3) is 0.393. The average molecular weight is 610 g/mol. The standard InChI is InChI=1S/C28H31N7O7S/c36-28(27-15-22-3-1-2-4-26(22)42-27)41-14-13-31-9-11-32(12-10-31)25-19-34(43(39,40)20-25)18-23-17-33(30-29-23)16-21-5-7-24(8-6-21)35(37)38/h1-8,15,17,25H,9-14,16,18-20H2.